The second kappa shape index (κ2) is 4.20. The van der Waals surface area contributed by atoms with Crippen molar-refractivity contribution in [3.8, 4) is 0 Å². The topological polar surface area (TPSA) is 20.2 Å². The summed E-state index contributed by atoms with van der Waals surface area (Å²) >= 11 is 5.87. The van der Waals surface area contributed by atoms with Crippen LogP contribution in [-0.4, -0.2) is 10.7 Å². The molecule has 0 radical (unpaired) electrons. The lowest BCUT2D eigenvalue weighted by Crippen LogP contribution is -2.55. The van der Waals surface area contributed by atoms with Crippen molar-refractivity contribution < 1.29 is 9.50 Å². The molecule has 2 aliphatic rings. The molecular formula is C17H22ClFO. The number of hydrogen-bond donors (Lipinski definition) is 1. The van der Waals surface area contributed by atoms with Gasteiger partial charge in [-0.15, -0.1) is 0 Å². The summed E-state index contributed by atoms with van der Waals surface area (Å²) in [5, 5.41) is 11.6. The van der Waals surface area contributed by atoms with Crippen LogP contribution in [0.25, 0.3) is 0 Å². The summed E-state index contributed by atoms with van der Waals surface area (Å²) in [6, 6.07) is 4.79. The zero-order valence-corrected chi connectivity index (χ0v) is 13.1. The Hall–Kier alpha value is -0.600. The minimum absolute atomic E-state index is 0.0397. The molecule has 3 rings (SSSR count). The van der Waals surface area contributed by atoms with Crippen molar-refractivity contribution in [2.75, 3.05) is 0 Å². The van der Waals surface area contributed by atoms with Gasteiger partial charge in [-0.25, -0.2) is 4.39 Å². The Morgan fingerprint density at radius 1 is 1.35 bits per heavy atom. The van der Waals surface area contributed by atoms with E-state index in [0.29, 0.717) is 12.3 Å². The van der Waals surface area contributed by atoms with E-state index in [4.69, 9.17) is 11.6 Å². The van der Waals surface area contributed by atoms with E-state index in [-0.39, 0.29) is 15.9 Å². The van der Waals surface area contributed by atoms with Crippen molar-refractivity contribution in [1.82, 2.24) is 0 Å². The largest absolute Gasteiger partial charge is 0.388 e. The summed E-state index contributed by atoms with van der Waals surface area (Å²) in [7, 11) is 0. The van der Waals surface area contributed by atoms with E-state index in [1.54, 1.807) is 12.1 Å². The Morgan fingerprint density at radius 2 is 2.05 bits per heavy atom. The molecule has 2 bridgehead atoms. The number of halogens is 2. The smallest absolute Gasteiger partial charge is 0.141 e. The number of benzene rings is 1. The van der Waals surface area contributed by atoms with Gasteiger partial charge < -0.3 is 5.11 Å². The van der Waals surface area contributed by atoms with Crippen molar-refractivity contribution in [3.05, 3.63) is 34.6 Å². The predicted octanol–water partition coefficient (Wildman–Crippen LogP) is 4.60. The first-order chi connectivity index (χ1) is 9.20. The maximum atomic E-state index is 13.3. The molecule has 2 saturated carbocycles. The van der Waals surface area contributed by atoms with Crippen LogP contribution >= 0.6 is 11.6 Å². The van der Waals surface area contributed by atoms with Crippen LogP contribution in [0.5, 0.6) is 0 Å². The molecule has 1 N–H and O–H groups in total. The molecule has 3 unspecified atom stereocenters. The van der Waals surface area contributed by atoms with Crippen LogP contribution in [0.15, 0.2) is 18.2 Å². The maximum absolute atomic E-state index is 13.3. The monoisotopic (exact) mass is 296 g/mol. The van der Waals surface area contributed by atoms with E-state index < -0.39 is 11.4 Å². The van der Waals surface area contributed by atoms with Gasteiger partial charge in [0.2, 0.25) is 0 Å². The van der Waals surface area contributed by atoms with E-state index in [1.807, 2.05) is 0 Å². The predicted molar refractivity (Wildman–Crippen MR) is 79.3 cm³/mol. The van der Waals surface area contributed by atoms with Gasteiger partial charge in [0.1, 0.15) is 5.82 Å². The van der Waals surface area contributed by atoms with Crippen LogP contribution in [0.1, 0.15) is 45.6 Å². The average molecular weight is 297 g/mol. The Balaban J connectivity index is 1.98. The van der Waals surface area contributed by atoms with Crippen LogP contribution in [0.3, 0.4) is 0 Å². The second-order valence-electron chi connectivity index (χ2n) is 7.51. The Bertz CT molecular complexity index is 549. The van der Waals surface area contributed by atoms with Gasteiger partial charge in [0, 0.05) is 6.42 Å². The lowest BCUT2D eigenvalue weighted by molar-refractivity contribution is -0.141. The van der Waals surface area contributed by atoms with Crippen LogP contribution in [0.4, 0.5) is 4.39 Å². The first-order valence-corrected chi connectivity index (χ1v) is 7.74. The molecule has 3 atom stereocenters. The van der Waals surface area contributed by atoms with Crippen LogP contribution in [0.2, 0.25) is 5.02 Å². The average Bonchev–Trinajstić information content (AvgIpc) is 2.82. The molecule has 0 amide bonds. The highest BCUT2D eigenvalue weighted by atomic mass is 35.5. The third-order valence-electron chi connectivity index (χ3n) is 6.27. The molecule has 2 aliphatic carbocycles. The van der Waals surface area contributed by atoms with E-state index in [9.17, 15) is 9.50 Å². The first kappa shape index (κ1) is 14.3. The molecule has 1 aromatic carbocycles. The summed E-state index contributed by atoms with van der Waals surface area (Å²) in [5.41, 5.74) is 0.0215. The minimum atomic E-state index is -0.746. The lowest BCUT2D eigenvalue weighted by Gasteiger charge is -2.51. The number of fused-ring (bicyclic) bond motifs is 2. The SMILES string of the molecule is CC12CCC(C1)C(C)(C)C2(O)Cc1ccc(F)c(Cl)c1. The molecule has 0 aromatic heterocycles. The summed E-state index contributed by atoms with van der Waals surface area (Å²) in [6.07, 6.45) is 3.92. The van der Waals surface area contributed by atoms with Gasteiger partial charge in [-0.2, -0.15) is 0 Å². The Labute approximate surface area is 125 Å². The minimum Gasteiger partial charge on any atom is -0.388 e. The first-order valence-electron chi connectivity index (χ1n) is 7.36. The molecule has 1 aromatic rings. The quantitative estimate of drug-likeness (QED) is 0.846. The number of aliphatic hydroxyl groups is 1. The van der Waals surface area contributed by atoms with Gasteiger partial charge in [0.05, 0.1) is 10.6 Å². The van der Waals surface area contributed by atoms with Crippen molar-refractivity contribution in [2.24, 2.45) is 16.7 Å². The normalized spacial score (nSPS) is 38.4. The lowest BCUT2D eigenvalue weighted by atomic mass is 9.58. The van der Waals surface area contributed by atoms with Gasteiger partial charge in [-0.3, -0.25) is 0 Å². The molecule has 0 saturated heterocycles. The number of hydrogen-bond acceptors (Lipinski definition) is 1. The highest BCUT2D eigenvalue weighted by Gasteiger charge is 2.67. The summed E-state index contributed by atoms with van der Waals surface area (Å²) in [6.45, 7) is 6.55. The fraction of sp³-hybridized carbons (Fsp3) is 0.647. The third-order valence-corrected chi connectivity index (χ3v) is 6.56. The van der Waals surface area contributed by atoms with Crippen molar-refractivity contribution in [2.45, 2.75) is 52.1 Å². The Morgan fingerprint density at radius 3 is 2.60 bits per heavy atom. The van der Waals surface area contributed by atoms with Crippen molar-refractivity contribution in [1.29, 1.82) is 0 Å². The maximum Gasteiger partial charge on any atom is 0.141 e. The molecule has 1 nitrogen and oxygen atoms in total. The summed E-state index contributed by atoms with van der Waals surface area (Å²) in [4.78, 5) is 0. The van der Waals surface area contributed by atoms with Crippen molar-refractivity contribution >= 4 is 11.6 Å². The van der Waals surface area contributed by atoms with Gasteiger partial charge in [-0.1, -0.05) is 38.4 Å². The van der Waals surface area contributed by atoms with Crippen molar-refractivity contribution in [3.63, 3.8) is 0 Å². The van der Waals surface area contributed by atoms with Crippen LogP contribution in [0, 0.1) is 22.6 Å². The van der Waals surface area contributed by atoms with Crippen LogP contribution in [-0.2, 0) is 6.42 Å². The summed E-state index contributed by atoms with van der Waals surface area (Å²) in [5.74, 6) is 0.175. The molecule has 0 heterocycles. The van der Waals surface area contributed by atoms with Gasteiger partial charge in [0.25, 0.3) is 0 Å². The van der Waals surface area contributed by atoms with Crippen LogP contribution < -0.4 is 0 Å². The molecular weight excluding hydrogens is 275 g/mol. The van der Waals surface area contributed by atoms with Gasteiger partial charge in [-0.05, 0) is 53.7 Å². The standard InChI is InChI=1S/C17H22ClFO/c1-15(2)12-6-7-16(3,10-12)17(15,20)9-11-4-5-14(19)13(18)8-11/h4-5,8,12,20H,6-7,9-10H2,1-3H3. The highest BCUT2D eigenvalue weighted by molar-refractivity contribution is 6.30. The van der Waals surface area contributed by atoms with Gasteiger partial charge in [0.15, 0.2) is 0 Å². The zero-order chi connectivity index (χ0) is 14.8. The fourth-order valence-electron chi connectivity index (χ4n) is 4.73. The summed E-state index contributed by atoms with van der Waals surface area (Å²) < 4.78 is 13.3. The van der Waals surface area contributed by atoms with Gasteiger partial charge >= 0.3 is 0 Å². The molecule has 110 valence electrons. The van der Waals surface area contributed by atoms with E-state index in [2.05, 4.69) is 20.8 Å². The van der Waals surface area contributed by atoms with E-state index >= 15 is 0 Å². The molecule has 2 fully saturated rings. The second-order valence-corrected chi connectivity index (χ2v) is 7.91. The third kappa shape index (κ3) is 1.70. The zero-order valence-electron chi connectivity index (χ0n) is 12.3. The fourth-order valence-corrected chi connectivity index (χ4v) is 4.94. The molecule has 0 spiro atoms. The number of rotatable bonds is 2. The Kier molecular flexibility index (Phi) is 3.02. The molecule has 0 aliphatic heterocycles. The highest BCUT2D eigenvalue weighted by Crippen LogP contribution is 2.68. The molecule has 20 heavy (non-hydrogen) atoms. The molecule has 3 heteroatoms. The van der Waals surface area contributed by atoms with E-state index in [1.165, 1.54) is 12.5 Å². The van der Waals surface area contributed by atoms with E-state index in [0.717, 1.165) is 18.4 Å².